The molecule has 0 radical (unpaired) electrons. The summed E-state index contributed by atoms with van der Waals surface area (Å²) < 4.78 is 17.6. The van der Waals surface area contributed by atoms with E-state index in [1.165, 1.54) is 7.11 Å². The number of amides is 1. The maximum absolute atomic E-state index is 13.7. The molecule has 2 aromatic carbocycles. The van der Waals surface area contributed by atoms with E-state index in [0.29, 0.717) is 39.7 Å². The molecule has 1 N–H and O–H groups in total. The van der Waals surface area contributed by atoms with E-state index in [-0.39, 0.29) is 34.7 Å². The highest BCUT2D eigenvalue weighted by Crippen LogP contribution is 2.44. The van der Waals surface area contributed by atoms with E-state index in [2.05, 4.69) is 15.9 Å². The number of carbonyl (C=O) groups is 1. The highest BCUT2D eigenvalue weighted by molar-refractivity contribution is 9.10. The molecule has 2 aliphatic heterocycles. The lowest BCUT2D eigenvalue weighted by atomic mass is 9.97. The summed E-state index contributed by atoms with van der Waals surface area (Å²) in [5.74, 6) is -0.0880. The maximum Gasteiger partial charge on any atom is 0.291 e. The van der Waals surface area contributed by atoms with E-state index in [1.807, 2.05) is 19.9 Å². The summed E-state index contributed by atoms with van der Waals surface area (Å²) in [5, 5.41) is 10.8. The topological polar surface area (TPSA) is 89.2 Å². The van der Waals surface area contributed by atoms with Gasteiger partial charge in [-0.2, -0.15) is 0 Å². The first kappa shape index (κ1) is 22.0. The second-order valence-corrected chi connectivity index (χ2v) is 9.51. The van der Waals surface area contributed by atoms with Crippen LogP contribution >= 0.6 is 15.9 Å². The number of phenols is 1. The number of carbonyl (C=O) groups excluding carboxylic acids is 1. The van der Waals surface area contributed by atoms with Gasteiger partial charge in [-0.25, -0.2) is 0 Å². The predicted octanol–water partition coefficient (Wildman–Crippen LogP) is 4.61. The fraction of sp³-hybridized carbons (Fsp3) is 0.360. The molecule has 2 unspecified atom stereocenters. The normalized spacial score (nSPS) is 20.0. The molecule has 8 heteroatoms. The third kappa shape index (κ3) is 3.52. The minimum atomic E-state index is -0.690. The molecule has 1 amide bonds. The SMILES string of the molecule is COc1cc(C2c3c(oc4cc(C)c(C)cc4c3=O)C(=O)N2CC2CCCO2)cc(Br)c1O. The smallest absolute Gasteiger partial charge is 0.291 e. The van der Waals surface area contributed by atoms with Gasteiger partial charge in [-0.15, -0.1) is 0 Å². The summed E-state index contributed by atoms with van der Waals surface area (Å²) in [7, 11) is 1.45. The summed E-state index contributed by atoms with van der Waals surface area (Å²) in [5.41, 5.74) is 3.06. The Morgan fingerprint density at radius 3 is 2.64 bits per heavy atom. The van der Waals surface area contributed by atoms with Crippen molar-refractivity contribution in [3.8, 4) is 11.5 Å². The van der Waals surface area contributed by atoms with Crippen molar-refractivity contribution in [3.05, 3.63) is 67.0 Å². The fourth-order valence-corrected chi connectivity index (χ4v) is 5.19. The van der Waals surface area contributed by atoms with Gasteiger partial charge in [0.05, 0.1) is 34.7 Å². The van der Waals surface area contributed by atoms with Crippen LogP contribution in [0, 0.1) is 13.8 Å². The molecule has 2 atom stereocenters. The van der Waals surface area contributed by atoms with Gasteiger partial charge in [0.15, 0.2) is 16.9 Å². The number of hydrogen-bond acceptors (Lipinski definition) is 6. The Hall–Kier alpha value is -2.84. The van der Waals surface area contributed by atoms with E-state index in [9.17, 15) is 14.7 Å². The minimum absolute atomic E-state index is 0.0480. The van der Waals surface area contributed by atoms with Gasteiger partial charge in [0.2, 0.25) is 5.76 Å². The molecule has 1 aromatic heterocycles. The van der Waals surface area contributed by atoms with Gasteiger partial charge in [-0.05, 0) is 83.6 Å². The lowest BCUT2D eigenvalue weighted by Gasteiger charge is -2.28. The van der Waals surface area contributed by atoms with Crippen LogP contribution in [-0.2, 0) is 4.74 Å². The number of nitrogens with zero attached hydrogens (tertiary/aromatic N) is 1. The van der Waals surface area contributed by atoms with Gasteiger partial charge in [-0.3, -0.25) is 9.59 Å². The van der Waals surface area contributed by atoms with Crippen LogP contribution in [0.4, 0.5) is 0 Å². The molecule has 7 nitrogen and oxygen atoms in total. The van der Waals surface area contributed by atoms with Crippen molar-refractivity contribution in [2.24, 2.45) is 0 Å². The molecule has 0 bridgehead atoms. The molecular formula is C25H24BrNO6. The average Bonchev–Trinajstić information content (AvgIpc) is 3.39. The number of rotatable bonds is 4. The first-order valence-electron chi connectivity index (χ1n) is 10.9. The fourth-order valence-electron chi connectivity index (χ4n) is 4.73. The molecular weight excluding hydrogens is 490 g/mol. The average molecular weight is 514 g/mol. The van der Waals surface area contributed by atoms with Crippen molar-refractivity contribution in [1.82, 2.24) is 4.90 Å². The molecule has 5 rings (SSSR count). The Morgan fingerprint density at radius 1 is 1.18 bits per heavy atom. The van der Waals surface area contributed by atoms with E-state index in [4.69, 9.17) is 13.9 Å². The number of hydrogen-bond donors (Lipinski definition) is 1. The zero-order chi connectivity index (χ0) is 23.4. The summed E-state index contributed by atoms with van der Waals surface area (Å²) in [4.78, 5) is 28.9. The third-order valence-corrected chi connectivity index (χ3v) is 7.20. The largest absolute Gasteiger partial charge is 0.503 e. The summed E-state index contributed by atoms with van der Waals surface area (Å²) in [6, 6.07) is 6.29. The lowest BCUT2D eigenvalue weighted by molar-refractivity contribution is 0.0486. The number of halogens is 1. The lowest BCUT2D eigenvalue weighted by Crippen LogP contribution is -2.36. The van der Waals surface area contributed by atoms with Gasteiger partial charge in [0.1, 0.15) is 5.58 Å². The van der Waals surface area contributed by atoms with Crippen LogP contribution in [0.2, 0.25) is 0 Å². The van der Waals surface area contributed by atoms with Crippen molar-refractivity contribution >= 4 is 32.8 Å². The molecule has 0 spiro atoms. The van der Waals surface area contributed by atoms with Crippen molar-refractivity contribution in [1.29, 1.82) is 0 Å². The van der Waals surface area contributed by atoms with Crippen LogP contribution < -0.4 is 10.2 Å². The molecule has 3 heterocycles. The van der Waals surface area contributed by atoms with Gasteiger partial charge in [-0.1, -0.05) is 0 Å². The van der Waals surface area contributed by atoms with E-state index >= 15 is 0 Å². The van der Waals surface area contributed by atoms with Crippen LogP contribution in [0.3, 0.4) is 0 Å². The number of benzene rings is 2. The number of ether oxygens (including phenoxy) is 2. The molecule has 33 heavy (non-hydrogen) atoms. The Morgan fingerprint density at radius 2 is 1.94 bits per heavy atom. The Labute approximate surface area is 199 Å². The molecule has 0 aliphatic carbocycles. The highest BCUT2D eigenvalue weighted by atomic mass is 79.9. The van der Waals surface area contributed by atoms with Gasteiger partial charge >= 0.3 is 0 Å². The van der Waals surface area contributed by atoms with Crippen LogP contribution in [-0.4, -0.2) is 42.3 Å². The van der Waals surface area contributed by atoms with Crippen LogP contribution in [0.15, 0.2) is 37.9 Å². The van der Waals surface area contributed by atoms with Crippen molar-refractivity contribution in [2.45, 2.75) is 38.8 Å². The Bertz CT molecular complexity index is 1340. The first-order chi connectivity index (χ1) is 15.8. The molecule has 172 valence electrons. The molecule has 1 fully saturated rings. The Kier molecular flexibility index (Phi) is 5.45. The number of fused-ring (bicyclic) bond motifs is 2. The molecule has 3 aromatic rings. The zero-order valence-corrected chi connectivity index (χ0v) is 20.2. The van der Waals surface area contributed by atoms with Crippen molar-refractivity contribution < 1.29 is 23.8 Å². The van der Waals surface area contributed by atoms with Gasteiger partial charge in [0.25, 0.3) is 5.91 Å². The minimum Gasteiger partial charge on any atom is -0.503 e. The van der Waals surface area contributed by atoms with Crippen molar-refractivity contribution in [2.75, 3.05) is 20.3 Å². The third-order valence-electron chi connectivity index (χ3n) is 6.59. The number of aromatic hydroxyl groups is 1. The predicted molar refractivity (Wildman–Crippen MR) is 126 cm³/mol. The quantitative estimate of drug-likeness (QED) is 0.547. The summed E-state index contributed by atoms with van der Waals surface area (Å²) >= 11 is 3.36. The first-order valence-corrected chi connectivity index (χ1v) is 11.7. The van der Waals surface area contributed by atoms with E-state index in [1.54, 1.807) is 23.1 Å². The molecule has 0 saturated carbocycles. The monoisotopic (exact) mass is 513 g/mol. The van der Waals surface area contributed by atoms with Crippen molar-refractivity contribution in [3.63, 3.8) is 0 Å². The number of phenolic OH excluding ortho intramolecular Hbond substituents is 1. The Balaban J connectivity index is 1.75. The summed E-state index contributed by atoms with van der Waals surface area (Å²) in [6.07, 6.45) is 1.67. The molecule has 1 saturated heterocycles. The highest BCUT2D eigenvalue weighted by Gasteiger charge is 2.44. The van der Waals surface area contributed by atoms with Crippen LogP contribution in [0.5, 0.6) is 11.5 Å². The van der Waals surface area contributed by atoms with E-state index in [0.717, 1.165) is 24.0 Å². The maximum atomic E-state index is 13.7. The standard InChI is InChI=1S/C25H24BrNO6/c1-12-7-16-18(8-13(12)2)33-24-20(22(16)28)21(14-9-17(26)23(29)19(10-14)31-3)27(25(24)30)11-15-5-4-6-32-15/h7-10,15,21,29H,4-6,11H2,1-3H3. The number of aryl methyl sites for hydroxylation is 2. The number of methoxy groups -OCH3 is 1. The zero-order valence-electron chi connectivity index (χ0n) is 18.6. The van der Waals surface area contributed by atoms with Gasteiger partial charge < -0.3 is 23.9 Å². The molecule has 2 aliphatic rings. The second kappa shape index (κ2) is 8.18. The second-order valence-electron chi connectivity index (χ2n) is 8.66. The van der Waals surface area contributed by atoms with Crippen LogP contribution in [0.25, 0.3) is 11.0 Å². The van der Waals surface area contributed by atoms with E-state index < -0.39 is 6.04 Å². The summed E-state index contributed by atoms with van der Waals surface area (Å²) in [6.45, 7) is 4.87. The van der Waals surface area contributed by atoms with Crippen LogP contribution in [0.1, 0.15) is 51.7 Å². The van der Waals surface area contributed by atoms with Gasteiger partial charge in [0, 0.05) is 13.2 Å².